The summed E-state index contributed by atoms with van der Waals surface area (Å²) in [5, 5.41) is 6.57. The van der Waals surface area contributed by atoms with Crippen molar-refractivity contribution in [2.45, 2.75) is 13.8 Å². The van der Waals surface area contributed by atoms with Gasteiger partial charge in [0, 0.05) is 46.4 Å². The molecule has 4 aromatic rings. The predicted octanol–water partition coefficient (Wildman–Crippen LogP) is 4.26. The van der Waals surface area contributed by atoms with Crippen LogP contribution in [0.5, 0.6) is 11.6 Å². The average Bonchev–Trinajstić information content (AvgIpc) is 3.42. The van der Waals surface area contributed by atoms with Gasteiger partial charge >= 0.3 is 0 Å². The maximum atomic E-state index is 12.6. The van der Waals surface area contributed by atoms with E-state index in [0.29, 0.717) is 22.8 Å². The number of ether oxygens (including phenoxy) is 1. The Balaban J connectivity index is 1.38. The van der Waals surface area contributed by atoms with Crippen LogP contribution in [0.15, 0.2) is 71.5 Å². The van der Waals surface area contributed by atoms with Gasteiger partial charge < -0.3 is 15.3 Å². The summed E-state index contributed by atoms with van der Waals surface area (Å²) in [7, 11) is 0. The van der Waals surface area contributed by atoms with Crippen molar-refractivity contribution in [3.8, 4) is 16.8 Å². The Labute approximate surface area is 189 Å². The number of nitrogens with two attached hydrogens (primary N) is 1. The molecule has 0 unspecified atom stereocenters. The molecule has 0 atom stereocenters. The van der Waals surface area contributed by atoms with E-state index in [0.717, 1.165) is 16.5 Å². The van der Waals surface area contributed by atoms with Crippen LogP contribution in [0.2, 0.25) is 0 Å². The molecular formula is C23H21N5O3S. The molecule has 0 aliphatic carbocycles. The number of aryl methyl sites for hydroxylation is 1. The Morgan fingerprint density at radius 3 is 2.66 bits per heavy atom. The van der Waals surface area contributed by atoms with Gasteiger partial charge in [0.05, 0.1) is 0 Å². The second-order valence-electron chi connectivity index (χ2n) is 6.91. The third kappa shape index (κ3) is 4.68. The van der Waals surface area contributed by atoms with Gasteiger partial charge in [-0.1, -0.05) is 23.4 Å². The predicted molar refractivity (Wildman–Crippen MR) is 123 cm³/mol. The lowest BCUT2D eigenvalue weighted by molar-refractivity contribution is 0.0775. The number of carbonyl (C=O) groups excluding carboxylic acids is 1. The summed E-state index contributed by atoms with van der Waals surface area (Å²) < 4.78 is 7.60. The summed E-state index contributed by atoms with van der Waals surface area (Å²) in [6.45, 7) is 3.58. The smallest absolute Gasteiger partial charge is 0.219 e. The fourth-order valence-corrected chi connectivity index (χ4v) is 3.91. The Morgan fingerprint density at radius 1 is 1.16 bits per heavy atom. The minimum absolute atomic E-state index is 0.116. The summed E-state index contributed by atoms with van der Waals surface area (Å²) in [5.74, 6) is 1.04. The summed E-state index contributed by atoms with van der Waals surface area (Å²) >= 11 is 1.51. The molecule has 0 saturated carbocycles. The summed E-state index contributed by atoms with van der Waals surface area (Å²) in [6.07, 6.45) is 3.26. The molecule has 3 heterocycles. The van der Waals surface area contributed by atoms with Crippen molar-refractivity contribution in [3.63, 3.8) is 0 Å². The lowest BCUT2D eigenvalue weighted by atomic mass is 10.2. The van der Waals surface area contributed by atoms with E-state index in [1.165, 1.54) is 17.5 Å². The van der Waals surface area contributed by atoms with Gasteiger partial charge in [-0.15, -0.1) is 11.3 Å². The van der Waals surface area contributed by atoms with Gasteiger partial charge in [0.1, 0.15) is 5.75 Å². The van der Waals surface area contributed by atoms with Crippen LogP contribution in [0.25, 0.3) is 5.13 Å². The van der Waals surface area contributed by atoms with Crippen molar-refractivity contribution < 1.29 is 14.4 Å². The number of rotatable bonds is 8. The monoisotopic (exact) mass is 447 g/mol. The lowest BCUT2D eigenvalue weighted by Crippen LogP contribution is -2.16. The summed E-state index contributed by atoms with van der Waals surface area (Å²) in [5.41, 5.74) is 8.82. The van der Waals surface area contributed by atoms with E-state index in [2.05, 4.69) is 15.1 Å². The minimum Gasteiger partial charge on any atom is -0.439 e. The molecule has 162 valence electrons. The van der Waals surface area contributed by atoms with Crippen LogP contribution in [0.1, 0.15) is 27.3 Å². The highest BCUT2D eigenvalue weighted by Gasteiger charge is 2.18. The second-order valence-corrected chi connectivity index (χ2v) is 7.78. The Morgan fingerprint density at radius 2 is 1.97 bits per heavy atom. The molecule has 8 nitrogen and oxygen atoms in total. The molecule has 0 bridgehead atoms. The third-order valence-corrected chi connectivity index (χ3v) is 5.45. The molecule has 0 aliphatic heterocycles. The first-order valence-electron chi connectivity index (χ1n) is 9.79. The molecule has 0 aliphatic rings. The molecule has 2 N–H and O–H groups in total. The van der Waals surface area contributed by atoms with Crippen LogP contribution in [-0.2, 0) is 4.84 Å². The van der Waals surface area contributed by atoms with E-state index in [1.54, 1.807) is 18.3 Å². The number of para-hydroxylation sites is 1. The second kappa shape index (κ2) is 9.44. The van der Waals surface area contributed by atoms with Crippen LogP contribution in [0.3, 0.4) is 0 Å². The number of hydrogen-bond donors (Lipinski definition) is 1. The van der Waals surface area contributed by atoms with E-state index < -0.39 is 0 Å². The molecule has 0 saturated heterocycles. The zero-order valence-electron chi connectivity index (χ0n) is 17.6. The molecular weight excluding hydrogens is 426 g/mol. The molecule has 4 rings (SSSR count). The van der Waals surface area contributed by atoms with Crippen LogP contribution < -0.4 is 10.5 Å². The number of oxime groups is 1. The Hall–Kier alpha value is -3.98. The van der Waals surface area contributed by atoms with E-state index in [9.17, 15) is 4.79 Å². The number of pyridine rings is 1. The van der Waals surface area contributed by atoms with Gasteiger partial charge in [0.25, 0.3) is 0 Å². The zero-order valence-corrected chi connectivity index (χ0v) is 18.4. The van der Waals surface area contributed by atoms with Crippen molar-refractivity contribution in [1.29, 1.82) is 0 Å². The van der Waals surface area contributed by atoms with Crippen LogP contribution in [0, 0.1) is 13.8 Å². The Kier molecular flexibility index (Phi) is 6.27. The van der Waals surface area contributed by atoms with E-state index >= 15 is 0 Å². The molecule has 0 amide bonds. The van der Waals surface area contributed by atoms with Crippen molar-refractivity contribution >= 4 is 23.0 Å². The Bertz CT molecular complexity index is 1230. The lowest BCUT2D eigenvalue weighted by Gasteiger charge is -2.06. The molecule has 0 radical (unpaired) electrons. The highest BCUT2D eigenvalue weighted by Crippen LogP contribution is 2.23. The van der Waals surface area contributed by atoms with Gasteiger partial charge in [-0.25, -0.2) is 9.97 Å². The van der Waals surface area contributed by atoms with Crippen LogP contribution in [0.4, 0.5) is 0 Å². The highest BCUT2D eigenvalue weighted by atomic mass is 32.1. The molecule has 0 spiro atoms. The standard InChI is InChI=1S/C23H21N5O3S/c1-15-12-19(16(2)28(15)23-25-10-11-32-23)20(29)14-30-27-22(24)17-8-9-21(26-13-17)31-18-6-4-3-5-7-18/h3-13H,14H2,1-2H3,(H2,24,27). The number of nitrogens with zero attached hydrogens (tertiary/aromatic N) is 4. The average molecular weight is 448 g/mol. The number of benzene rings is 1. The molecule has 0 fully saturated rings. The zero-order chi connectivity index (χ0) is 22.5. The fourth-order valence-electron chi connectivity index (χ4n) is 3.16. The largest absolute Gasteiger partial charge is 0.439 e. The van der Waals surface area contributed by atoms with Crippen molar-refractivity contribution in [3.05, 3.63) is 88.8 Å². The highest BCUT2D eigenvalue weighted by molar-refractivity contribution is 7.12. The normalized spacial score (nSPS) is 11.4. The van der Waals surface area contributed by atoms with E-state index in [1.807, 2.05) is 60.2 Å². The van der Waals surface area contributed by atoms with Crippen molar-refractivity contribution in [2.24, 2.45) is 10.9 Å². The van der Waals surface area contributed by atoms with Crippen molar-refractivity contribution in [1.82, 2.24) is 14.5 Å². The number of thiazole rings is 1. The number of hydrogen-bond acceptors (Lipinski definition) is 7. The quantitative estimate of drug-likeness (QED) is 0.187. The first-order valence-corrected chi connectivity index (χ1v) is 10.7. The maximum absolute atomic E-state index is 12.6. The number of carbonyl (C=O) groups is 1. The topological polar surface area (TPSA) is 105 Å². The van der Waals surface area contributed by atoms with Crippen molar-refractivity contribution in [2.75, 3.05) is 6.61 Å². The SMILES string of the molecule is Cc1cc(C(=O)CO/N=C(/N)c2ccc(Oc3ccccc3)nc2)c(C)n1-c1nccs1. The summed E-state index contributed by atoms with van der Waals surface area (Å²) in [6, 6.07) is 14.6. The minimum atomic E-state index is -0.231. The number of ketones is 1. The van der Waals surface area contributed by atoms with Crippen LogP contribution in [-0.4, -0.2) is 32.8 Å². The fraction of sp³-hybridized carbons (Fsp3) is 0.130. The first-order chi connectivity index (χ1) is 15.5. The maximum Gasteiger partial charge on any atom is 0.219 e. The van der Waals surface area contributed by atoms with E-state index in [4.69, 9.17) is 15.3 Å². The summed E-state index contributed by atoms with van der Waals surface area (Å²) in [4.78, 5) is 26.4. The number of amidine groups is 1. The van der Waals surface area contributed by atoms with Gasteiger partial charge in [0.2, 0.25) is 11.7 Å². The third-order valence-electron chi connectivity index (χ3n) is 4.70. The van der Waals surface area contributed by atoms with Gasteiger partial charge in [-0.3, -0.25) is 9.36 Å². The molecule has 3 aromatic heterocycles. The van der Waals surface area contributed by atoms with E-state index in [-0.39, 0.29) is 18.2 Å². The van der Waals surface area contributed by atoms with Gasteiger partial charge in [0.15, 0.2) is 17.6 Å². The number of Topliss-reactive ketones (excluding diaryl/α,β-unsaturated/α-hetero) is 1. The number of aromatic nitrogens is 3. The van der Waals surface area contributed by atoms with Crippen LogP contribution >= 0.6 is 11.3 Å². The van der Waals surface area contributed by atoms with Gasteiger partial charge in [-0.05, 0) is 38.1 Å². The van der Waals surface area contributed by atoms with Gasteiger partial charge in [-0.2, -0.15) is 0 Å². The molecule has 32 heavy (non-hydrogen) atoms. The first kappa shape index (κ1) is 21.3. The molecule has 9 heteroatoms. The molecule has 1 aromatic carbocycles.